The van der Waals surface area contributed by atoms with Crippen molar-refractivity contribution in [2.45, 2.75) is 20.1 Å². The molecule has 0 saturated carbocycles. The van der Waals surface area contributed by atoms with Crippen molar-refractivity contribution in [2.75, 3.05) is 33.9 Å². The van der Waals surface area contributed by atoms with Gasteiger partial charge < -0.3 is 14.2 Å². The normalized spacial score (nSPS) is 11.0. The average molecular weight is 335 g/mol. The minimum absolute atomic E-state index is 0.572. The standard InChI is InChI=1S/C18H25NO3S/c1-4-19(9-10-20-2)13-15-7-8-17(18(12-15)21-3)22-14-16-6-5-11-23-16/h5-8,11-12H,4,9-10,13-14H2,1-3H3. The van der Waals surface area contributed by atoms with E-state index in [1.165, 1.54) is 10.4 Å². The van der Waals surface area contributed by atoms with E-state index in [0.717, 1.165) is 37.7 Å². The number of ether oxygens (including phenoxy) is 3. The molecular weight excluding hydrogens is 310 g/mol. The van der Waals surface area contributed by atoms with Crippen LogP contribution in [0.1, 0.15) is 17.4 Å². The number of methoxy groups -OCH3 is 2. The summed E-state index contributed by atoms with van der Waals surface area (Å²) in [5.74, 6) is 1.56. The van der Waals surface area contributed by atoms with Crippen molar-refractivity contribution in [3.05, 3.63) is 46.2 Å². The summed E-state index contributed by atoms with van der Waals surface area (Å²) in [6.07, 6.45) is 0. The van der Waals surface area contributed by atoms with Gasteiger partial charge in [0.25, 0.3) is 0 Å². The first-order valence-electron chi connectivity index (χ1n) is 7.80. The maximum atomic E-state index is 5.88. The first-order valence-corrected chi connectivity index (χ1v) is 8.68. The molecule has 1 aromatic carbocycles. The molecule has 2 rings (SSSR count). The van der Waals surface area contributed by atoms with Crippen LogP contribution in [0, 0.1) is 0 Å². The highest BCUT2D eigenvalue weighted by atomic mass is 32.1. The van der Waals surface area contributed by atoms with E-state index >= 15 is 0 Å². The Hall–Kier alpha value is -1.56. The van der Waals surface area contributed by atoms with Crippen LogP contribution in [0.25, 0.3) is 0 Å². The van der Waals surface area contributed by atoms with Crippen molar-refractivity contribution in [1.29, 1.82) is 0 Å². The minimum Gasteiger partial charge on any atom is -0.493 e. The second kappa shape index (κ2) is 9.55. The molecule has 0 spiro atoms. The highest BCUT2D eigenvalue weighted by molar-refractivity contribution is 7.09. The largest absolute Gasteiger partial charge is 0.493 e. The molecule has 0 unspecified atom stereocenters. The van der Waals surface area contributed by atoms with Gasteiger partial charge >= 0.3 is 0 Å². The van der Waals surface area contributed by atoms with Gasteiger partial charge in [0, 0.05) is 25.1 Å². The van der Waals surface area contributed by atoms with Crippen molar-refractivity contribution in [2.24, 2.45) is 0 Å². The smallest absolute Gasteiger partial charge is 0.161 e. The molecule has 4 nitrogen and oxygen atoms in total. The Labute approximate surface area is 142 Å². The van der Waals surface area contributed by atoms with Gasteiger partial charge in [-0.2, -0.15) is 0 Å². The topological polar surface area (TPSA) is 30.9 Å². The van der Waals surface area contributed by atoms with Gasteiger partial charge in [0.05, 0.1) is 13.7 Å². The molecule has 0 amide bonds. The molecule has 0 aliphatic rings. The van der Waals surface area contributed by atoms with Crippen LogP contribution in [0.5, 0.6) is 11.5 Å². The van der Waals surface area contributed by atoms with Gasteiger partial charge in [-0.15, -0.1) is 11.3 Å². The molecular formula is C18H25NO3S. The Bertz CT molecular complexity index is 572. The fourth-order valence-corrected chi connectivity index (χ4v) is 2.92. The Balaban J connectivity index is 2.00. The van der Waals surface area contributed by atoms with Gasteiger partial charge in [-0.1, -0.05) is 19.1 Å². The molecule has 0 aliphatic carbocycles. The van der Waals surface area contributed by atoms with E-state index in [9.17, 15) is 0 Å². The Kier molecular flexibility index (Phi) is 7.39. The average Bonchev–Trinajstić information content (AvgIpc) is 3.10. The molecule has 1 heterocycles. The van der Waals surface area contributed by atoms with Crippen LogP contribution in [0.15, 0.2) is 35.7 Å². The van der Waals surface area contributed by atoms with E-state index in [1.54, 1.807) is 25.6 Å². The summed E-state index contributed by atoms with van der Waals surface area (Å²) in [5.41, 5.74) is 1.21. The second-order valence-electron chi connectivity index (χ2n) is 5.21. The zero-order valence-electron chi connectivity index (χ0n) is 14.1. The molecule has 0 aliphatic heterocycles. The van der Waals surface area contributed by atoms with Gasteiger partial charge in [-0.3, -0.25) is 4.90 Å². The van der Waals surface area contributed by atoms with Crippen LogP contribution in [0.4, 0.5) is 0 Å². The molecule has 126 valence electrons. The first-order chi connectivity index (χ1) is 11.3. The Morgan fingerprint density at radius 3 is 2.65 bits per heavy atom. The van der Waals surface area contributed by atoms with Gasteiger partial charge in [0.15, 0.2) is 11.5 Å². The maximum Gasteiger partial charge on any atom is 0.161 e. The van der Waals surface area contributed by atoms with Gasteiger partial charge in [0.2, 0.25) is 0 Å². The Morgan fingerprint density at radius 1 is 1.13 bits per heavy atom. The molecule has 1 aromatic heterocycles. The summed E-state index contributed by atoms with van der Waals surface area (Å²) < 4.78 is 16.5. The predicted octanol–water partition coefficient (Wildman–Crippen LogP) is 3.80. The van der Waals surface area contributed by atoms with Crippen LogP contribution in [-0.2, 0) is 17.9 Å². The molecule has 0 fully saturated rings. The molecule has 0 atom stereocenters. The third-order valence-electron chi connectivity index (χ3n) is 3.64. The minimum atomic E-state index is 0.572. The van der Waals surface area contributed by atoms with Crippen LogP contribution in [0.3, 0.4) is 0 Å². The van der Waals surface area contributed by atoms with Gasteiger partial charge in [-0.05, 0) is 35.7 Å². The molecule has 0 radical (unpaired) electrons. The molecule has 2 aromatic rings. The van der Waals surface area contributed by atoms with Crippen molar-refractivity contribution >= 4 is 11.3 Å². The third kappa shape index (κ3) is 5.53. The number of thiophene rings is 1. The summed E-state index contributed by atoms with van der Waals surface area (Å²) in [6.45, 7) is 6.26. The van der Waals surface area contributed by atoms with E-state index in [2.05, 4.69) is 35.4 Å². The number of nitrogens with zero attached hydrogens (tertiary/aromatic N) is 1. The van der Waals surface area contributed by atoms with Crippen molar-refractivity contribution in [3.63, 3.8) is 0 Å². The molecule has 5 heteroatoms. The lowest BCUT2D eigenvalue weighted by molar-refractivity contribution is 0.147. The molecule has 0 bridgehead atoms. The van der Waals surface area contributed by atoms with Crippen molar-refractivity contribution < 1.29 is 14.2 Å². The predicted molar refractivity (Wildman–Crippen MR) is 94.5 cm³/mol. The highest BCUT2D eigenvalue weighted by Crippen LogP contribution is 2.29. The summed E-state index contributed by atoms with van der Waals surface area (Å²) in [6, 6.07) is 10.2. The zero-order valence-corrected chi connectivity index (χ0v) is 14.9. The number of rotatable bonds is 10. The summed E-state index contributed by atoms with van der Waals surface area (Å²) >= 11 is 1.69. The van der Waals surface area contributed by atoms with Crippen LogP contribution >= 0.6 is 11.3 Å². The first kappa shape index (κ1) is 17.8. The van der Waals surface area contributed by atoms with Crippen molar-refractivity contribution in [1.82, 2.24) is 4.90 Å². The lowest BCUT2D eigenvalue weighted by Gasteiger charge is -2.20. The third-order valence-corrected chi connectivity index (χ3v) is 4.49. The maximum absolute atomic E-state index is 5.88. The second-order valence-corrected chi connectivity index (χ2v) is 6.25. The molecule has 0 saturated heterocycles. The quantitative estimate of drug-likeness (QED) is 0.661. The van der Waals surface area contributed by atoms with Crippen LogP contribution in [-0.4, -0.2) is 38.8 Å². The number of benzene rings is 1. The summed E-state index contributed by atoms with van der Waals surface area (Å²) in [7, 11) is 3.41. The van der Waals surface area contributed by atoms with E-state index < -0.39 is 0 Å². The SMILES string of the molecule is CCN(CCOC)Cc1ccc(OCc2cccs2)c(OC)c1. The van der Waals surface area contributed by atoms with Crippen LogP contribution in [0.2, 0.25) is 0 Å². The zero-order chi connectivity index (χ0) is 16.5. The number of hydrogen-bond acceptors (Lipinski definition) is 5. The highest BCUT2D eigenvalue weighted by Gasteiger charge is 2.09. The fraction of sp³-hybridized carbons (Fsp3) is 0.444. The number of likely N-dealkylation sites (N-methyl/N-ethyl adjacent to an activating group) is 1. The van der Waals surface area contributed by atoms with Gasteiger partial charge in [-0.25, -0.2) is 0 Å². The number of hydrogen-bond donors (Lipinski definition) is 0. The lowest BCUT2D eigenvalue weighted by atomic mass is 10.2. The monoisotopic (exact) mass is 335 g/mol. The lowest BCUT2D eigenvalue weighted by Crippen LogP contribution is -2.26. The molecule has 0 N–H and O–H groups in total. The molecule has 23 heavy (non-hydrogen) atoms. The van der Waals surface area contributed by atoms with Crippen molar-refractivity contribution in [3.8, 4) is 11.5 Å². The fourth-order valence-electron chi connectivity index (χ4n) is 2.30. The van der Waals surface area contributed by atoms with E-state index in [4.69, 9.17) is 14.2 Å². The summed E-state index contributed by atoms with van der Waals surface area (Å²) in [5, 5.41) is 2.05. The summed E-state index contributed by atoms with van der Waals surface area (Å²) in [4.78, 5) is 3.54. The van der Waals surface area contributed by atoms with E-state index in [0.29, 0.717) is 6.61 Å². The van der Waals surface area contributed by atoms with E-state index in [-0.39, 0.29) is 0 Å². The van der Waals surface area contributed by atoms with Gasteiger partial charge in [0.1, 0.15) is 6.61 Å². The van der Waals surface area contributed by atoms with E-state index in [1.807, 2.05) is 12.1 Å². The van der Waals surface area contributed by atoms with Crippen LogP contribution < -0.4 is 9.47 Å². The Morgan fingerprint density at radius 2 is 2.00 bits per heavy atom.